The van der Waals surface area contributed by atoms with E-state index >= 15 is 0 Å². The molecule has 0 aliphatic heterocycles. The van der Waals surface area contributed by atoms with Gasteiger partial charge in [0.2, 0.25) is 5.13 Å². The number of nitrogens with zero attached hydrogens (tertiary/aromatic N) is 4. The Morgan fingerprint density at radius 3 is 2.72 bits per heavy atom. The molecule has 1 N–H and O–H groups in total. The van der Waals surface area contributed by atoms with Crippen LogP contribution >= 0.6 is 27.3 Å². The summed E-state index contributed by atoms with van der Waals surface area (Å²) in [5.41, 5.74) is 2.02. The molecule has 2 heterocycles. The van der Waals surface area contributed by atoms with Crippen molar-refractivity contribution in [2.75, 3.05) is 6.54 Å². The van der Waals surface area contributed by atoms with Crippen molar-refractivity contribution < 1.29 is 0 Å². The van der Waals surface area contributed by atoms with E-state index in [1.54, 1.807) is 11.3 Å². The lowest BCUT2D eigenvalue weighted by Gasteiger charge is -1.98. The number of aromatic nitrogens is 4. The monoisotopic (exact) mass is 329 g/mol. The van der Waals surface area contributed by atoms with E-state index < -0.39 is 0 Å². The van der Waals surface area contributed by atoms with Crippen LogP contribution in [0.1, 0.15) is 29.7 Å². The highest BCUT2D eigenvalue weighted by atomic mass is 79.9. The van der Waals surface area contributed by atoms with E-state index in [0.29, 0.717) is 0 Å². The smallest absolute Gasteiger partial charge is 0.233 e. The Labute approximate surface area is 119 Å². The topological polar surface area (TPSA) is 55.6 Å². The maximum absolute atomic E-state index is 4.45. The van der Waals surface area contributed by atoms with Crippen molar-refractivity contribution >= 4 is 27.3 Å². The molecule has 7 heteroatoms. The zero-order valence-electron chi connectivity index (χ0n) is 10.7. The largest absolute Gasteiger partial charge is 0.310 e. The molecular weight excluding hydrogens is 314 g/mol. The van der Waals surface area contributed by atoms with Gasteiger partial charge in [0, 0.05) is 6.54 Å². The Morgan fingerprint density at radius 1 is 1.33 bits per heavy atom. The van der Waals surface area contributed by atoms with E-state index in [2.05, 4.69) is 43.5 Å². The molecule has 0 fully saturated rings. The van der Waals surface area contributed by atoms with Crippen molar-refractivity contribution in [1.82, 2.24) is 25.3 Å². The lowest BCUT2D eigenvalue weighted by molar-refractivity contribution is 0.667. The maximum atomic E-state index is 4.45. The predicted octanol–water partition coefficient (Wildman–Crippen LogP) is 2.60. The second kappa shape index (κ2) is 5.90. The van der Waals surface area contributed by atoms with E-state index in [4.69, 9.17) is 0 Å². The summed E-state index contributed by atoms with van der Waals surface area (Å²) in [6.45, 7) is 7.90. The summed E-state index contributed by atoms with van der Waals surface area (Å²) in [7, 11) is 0. The normalized spacial score (nSPS) is 11.1. The van der Waals surface area contributed by atoms with Gasteiger partial charge in [-0.05, 0) is 42.7 Å². The zero-order chi connectivity index (χ0) is 13.1. The molecule has 0 aliphatic rings. The van der Waals surface area contributed by atoms with Gasteiger partial charge < -0.3 is 5.32 Å². The van der Waals surface area contributed by atoms with Gasteiger partial charge in [-0.15, -0.1) is 10.2 Å². The summed E-state index contributed by atoms with van der Waals surface area (Å²) in [4.78, 5) is 0. The van der Waals surface area contributed by atoms with Crippen molar-refractivity contribution in [3.8, 4) is 5.13 Å². The first-order valence-corrected chi connectivity index (χ1v) is 7.49. The summed E-state index contributed by atoms with van der Waals surface area (Å²) in [5.74, 6) is 0. The van der Waals surface area contributed by atoms with Gasteiger partial charge >= 0.3 is 0 Å². The highest BCUT2D eigenvalue weighted by Crippen LogP contribution is 2.24. The number of halogens is 1. The van der Waals surface area contributed by atoms with Crippen LogP contribution in [0.4, 0.5) is 0 Å². The average Bonchev–Trinajstić information content (AvgIpc) is 2.91. The molecule has 0 spiro atoms. The van der Waals surface area contributed by atoms with Gasteiger partial charge in [-0.1, -0.05) is 18.3 Å². The van der Waals surface area contributed by atoms with Gasteiger partial charge in [-0.25, -0.2) is 4.68 Å². The molecular formula is C11H16BrN5S. The van der Waals surface area contributed by atoms with Gasteiger partial charge in [-0.2, -0.15) is 5.10 Å². The van der Waals surface area contributed by atoms with Crippen LogP contribution in [0.2, 0.25) is 0 Å². The Morgan fingerprint density at radius 2 is 2.11 bits per heavy atom. The van der Waals surface area contributed by atoms with Crippen LogP contribution < -0.4 is 5.32 Å². The van der Waals surface area contributed by atoms with Crippen LogP contribution in [-0.4, -0.2) is 26.5 Å². The third kappa shape index (κ3) is 2.78. The molecule has 5 nitrogen and oxygen atoms in total. The Balaban J connectivity index is 2.16. The van der Waals surface area contributed by atoms with Crippen molar-refractivity contribution in [2.45, 2.75) is 33.7 Å². The molecule has 0 saturated carbocycles. The SMILES string of the molecule is CCCNCc1nnc(-n2nc(C)c(Br)c2C)s1. The molecule has 2 aromatic heterocycles. The second-order valence-electron chi connectivity index (χ2n) is 4.05. The number of aryl methyl sites for hydroxylation is 1. The number of rotatable bonds is 5. The number of hydrogen-bond donors (Lipinski definition) is 1. The van der Waals surface area contributed by atoms with E-state index in [9.17, 15) is 0 Å². The van der Waals surface area contributed by atoms with Gasteiger partial charge in [0.25, 0.3) is 0 Å². The first kappa shape index (κ1) is 13.6. The van der Waals surface area contributed by atoms with Crippen molar-refractivity contribution in [3.63, 3.8) is 0 Å². The highest BCUT2D eigenvalue weighted by molar-refractivity contribution is 9.10. The van der Waals surface area contributed by atoms with Crippen molar-refractivity contribution in [3.05, 3.63) is 20.9 Å². The molecule has 0 aliphatic carbocycles. The van der Waals surface area contributed by atoms with Gasteiger partial charge in [0.1, 0.15) is 5.01 Å². The predicted molar refractivity (Wildman–Crippen MR) is 76.2 cm³/mol. The van der Waals surface area contributed by atoms with Crippen LogP contribution in [0.3, 0.4) is 0 Å². The summed E-state index contributed by atoms with van der Waals surface area (Å²) >= 11 is 5.08. The molecule has 0 bridgehead atoms. The minimum Gasteiger partial charge on any atom is -0.310 e. The first-order valence-electron chi connectivity index (χ1n) is 5.88. The molecule has 98 valence electrons. The van der Waals surface area contributed by atoms with E-state index in [1.807, 2.05) is 18.5 Å². The lowest BCUT2D eigenvalue weighted by atomic mass is 10.4. The Hall–Kier alpha value is -0.790. The Kier molecular flexibility index (Phi) is 4.47. The molecule has 0 saturated heterocycles. The van der Waals surface area contributed by atoms with Gasteiger partial charge in [0.15, 0.2) is 0 Å². The lowest BCUT2D eigenvalue weighted by Crippen LogP contribution is -2.13. The van der Waals surface area contributed by atoms with Gasteiger partial charge in [-0.3, -0.25) is 0 Å². The molecule has 0 aromatic carbocycles. The summed E-state index contributed by atoms with van der Waals surface area (Å²) in [5, 5.41) is 17.9. The summed E-state index contributed by atoms with van der Waals surface area (Å²) < 4.78 is 2.86. The first-order chi connectivity index (χ1) is 8.63. The zero-order valence-corrected chi connectivity index (χ0v) is 13.1. The van der Waals surface area contributed by atoms with Crippen LogP contribution in [0, 0.1) is 13.8 Å². The standard InChI is InChI=1S/C11H16BrN5S/c1-4-5-13-6-9-14-15-11(18-9)17-8(3)10(12)7(2)16-17/h13H,4-6H2,1-3H3. The third-order valence-electron chi connectivity index (χ3n) is 2.54. The second-order valence-corrected chi connectivity index (χ2v) is 5.89. The molecule has 0 unspecified atom stereocenters. The van der Waals surface area contributed by atoms with Crippen molar-refractivity contribution in [1.29, 1.82) is 0 Å². The van der Waals surface area contributed by atoms with E-state index in [-0.39, 0.29) is 0 Å². The van der Waals surface area contributed by atoms with Crippen molar-refractivity contribution in [2.24, 2.45) is 0 Å². The summed E-state index contributed by atoms with van der Waals surface area (Å²) in [6.07, 6.45) is 1.12. The van der Waals surface area contributed by atoms with Crippen LogP contribution in [0.5, 0.6) is 0 Å². The molecule has 0 amide bonds. The quantitative estimate of drug-likeness (QED) is 0.856. The van der Waals surface area contributed by atoms with Crippen LogP contribution in [0.25, 0.3) is 5.13 Å². The fourth-order valence-corrected chi connectivity index (χ4v) is 2.64. The number of hydrogen-bond acceptors (Lipinski definition) is 5. The van der Waals surface area contributed by atoms with Crippen LogP contribution in [-0.2, 0) is 6.54 Å². The molecule has 2 aromatic rings. The Bertz CT molecular complexity index is 534. The molecule has 0 radical (unpaired) electrons. The fraction of sp³-hybridized carbons (Fsp3) is 0.545. The van der Waals surface area contributed by atoms with Gasteiger partial charge in [0.05, 0.1) is 15.9 Å². The highest BCUT2D eigenvalue weighted by Gasteiger charge is 2.13. The van der Waals surface area contributed by atoms with Crippen LogP contribution in [0.15, 0.2) is 4.47 Å². The third-order valence-corrected chi connectivity index (χ3v) is 4.59. The minimum absolute atomic E-state index is 0.770. The molecule has 2 rings (SSSR count). The maximum Gasteiger partial charge on any atom is 0.233 e. The molecule has 18 heavy (non-hydrogen) atoms. The van der Waals surface area contributed by atoms with E-state index in [0.717, 1.165) is 45.5 Å². The van der Waals surface area contributed by atoms with E-state index in [1.165, 1.54) is 0 Å². The average molecular weight is 330 g/mol. The summed E-state index contributed by atoms with van der Waals surface area (Å²) in [6, 6.07) is 0. The number of nitrogens with one attached hydrogen (secondary N) is 1. The molecule has 0 atom stereocenters. The fourth-order valence-electron chi connectivity index (χ4n) is 1.58. The minimum atomic E-state index is 0.770.